The summed E-state index contributed by atoms with van der Waals surface area (Å²) in [5.74, 6) is 0. The molecule has 1 aromatic carbocycles. The van der Waals surface area contributed by atoms with E-state index in [2.05, 4.69) is 4.98 Å². The molecule has 3 aromatic rings. The van der Waals surface area contributed by atoms with Crippen LogP contribution in [0.3, 0.4) is 0 Å². The second kappa shape index (κ2) is 4.14. The van der Waals surface area contributed by atoms with E-state index in [4.69, 9.17) is 0 Å². The first-order valence-electron chi connectivity index (χ1n) is 5.81. The highest BCUT2D eigenvalue weighted by molar-refractivity contribution is 5.75. The first-order valence-corrected chi connectivity index (χ1v) is 5.81. The van der Waals surface area contributed by atoms with E-state index in [9.17, 15) is 4.79 Å². The second-order valence-corrected chi connectivity index (χ2v) is 4.24. The van der Waals surface area contributed by atoms with Crippen molar-refractivity contribution < 1.29 is 0 Å². The first-order chi connectivity index (χ1) is 8.77. The van der Waals surface area contributed by atoms with Gasteiger partial charge >= 0.3 is 5.69 Å². The van der Waals surface area contributed by atoms with Crippen molar-refractivity contribution in [1.82, 2.24) is 14.1 Å². The van der Waals surface area contributed by atoms with Crippen LogP contribution < -0.4 is 5.69 Å². The fourth-order valence-corrected chi connectivity index (χ4v) is 2.17. The minimum atomic E-state index is -0.0122. The van der Waals surface area contributed by atoms with E-state index in [0.29, 0.717) is 6.54 Å². The Labute approximate surface area is 104 Å². The molecule has 0 aliphatic rings. The quantitative estimate of drug-likeness (QED) is 0.684. The number of aromatic nitrogens is 3. The molecule has 0 spiro atoms. The van der Waals surface area contributed by atoms with E-state index < -0.39 is 0 Å². The molecular weight excluding hydrogens is 226 g/mol. The van der Waals surface area contributed by atoms with Crippen LogP contribution >= 0.6 is 0 Å². The largest absolute Gasteiger partial charge is 0.329 e. The summed E-state index contributed by atoms with van der Waals surface area (Å²) in [4.78, 5) is 16.5. The maximum atomic E-state index is 12.2. The highest BCUT2D eigenvalue weighted by Gasteiger charge is 2.10. The molecule has 2 heterocycles. The lowest BCUT2D eigenvalue weighted by Gasteiger charge is -2.02. The van der Waals surface area contributed by atoms with Crippen LogP contribution in [0.25, 0.3) is 11.0 Å². The van der Waals surface area contributed by atoms with E-state index in [1.54, 1.807) is 22.4 Å². The van der Waals surface area contributed by atoms with E-state index in [1.807, 2.05) is 42.5 Å². The minimum absolute atomic E-state index is 0.0122. The Morgan fingerprint density at radius 2 is 1.78 bits per heavy atom. The first kappa shape index (κ1) is 10.8. The van der Waals surface area contributed by atoms with Gasteiger partial charge in [-0.25, -0.2) is 4.79 Å². The SMILES string of the molecule is Cn1c(=O)n(Cc2ccccn2)c2ccccc21. The third-order valence-corrected chi connectivity index (χ3v) is 3.10. The van der Waals surface area contributed by atoms with Gasteiger partial charge in [0.15, 0.2) is 0 Å². The summed E-state index contributed by atoms with van der Waals surface area (Å²) in [6, 6.07) is 13.5. The average molecular weight is 239 g/mol. The van der Waals surface area contributed by atoms with Gasteiger partial charge in [-0.05, 0) is 24.3 Å². The van der Waals surface area contributed by atoms with Crippen LogP contribution in [0.2, 0.25) is 0 Å². The van der Waals surface area contributed by atoms with Gasteiger partial charge in [-0.3, -0.25) is 14.1 Å². The molecule has 0 atom stereocenters. The van der Waals surface area contributed by atoms with E-state index in [0.717, 1.165) is 16.7 Å². The fourth-order valence-electron chi connectivity index (χ4n) is 2.17. The van der Waals surface area contributed by atoms with Gasteiger partial charge in [0.25, 0.3) is 0 Å². The van der Waals surface area contributed by atoms with E-state index in [-0.39, 0.29) is 5.69 Å². The van der Waals surface area contributed by atoms with Crippen molar-refractivity contribution in [2.24, 2.45) is 7.05 Å². The maximum Gasteiger partial charge on any atom is 0.329 e. The molecule has 90 valence electrons. The van der Waals surface area contributed by atoms with Gasteiger partial charge in [0.2, 0.25) is 0 Å². The summed E-state index contributed by atoms with van der Waals surface area (Å²) < 4.78 is 3.41. The molecule has 0 saturated heterocycles. The number of rotatable bonds is 2. The lowest BCUT2D eigenvalue weighted by molar-refractivity contribution is 0.722. The Balaban J connectivity index is 2.18. The predicted molar refractivity (Wildman–Crippen MR) is 70.5 cm³/mol. The van der Waals surface area contributed by atoms with Crippen molar-refractivity contribution in [3.8, 4) is 0 Å². The van der Waals surface area contributed by atoms with E-state index >= 15 is 0 Å². The summed E-state index contributed by atoms with van der Waals surface area (Å²) in [5.41, 5.74) is 2.76. The molecule has 0 fully saturated rings. The Morgan fingerprint density at radius 3 is 2.50 bits per heavy atom. The zero-order valence-electron chi connectivity index (χ0n) is 10.1. The number of nitrogens with zero attached hydrogens (tertiary/aromatic N) is 3. The van der Waals surface area contributed by atoms with E-state index in [1.165, 1.54) is 0 Å². The minimum Gasteiger partial charge on any atom is -0.295 e. The molecule has 0 radical (unpaired) electrons. The van der Waals surface area contributed by atoms with Gasteiger partial charge in [-0.15, -0.1) is 0 Å². The van der Waals surface area contributed by atoms with Crippen LogP contribution in [-0.4, -0.2) is 14.1 Å². The molecule has 18 heavy (non-hydrogen) atoms. The zero-order valence-corrected chi connectivity index (χ0v) is 10.1. The number of fused-ring (bicyclic) bond motifs is 1. The number of para-hydroxylation sites is 2. The average Bonchev–Trinajstić information content (AvgIpc) is 2.66. The maximum absolute atomic E-state index is 12.2. The van der Waals surface area contributed by atoms with Gasteiger partial charge in [0.05, 0.1) is 23.3 Å². The molecule has 0 aliphatic heterocycles. The molecular formula is C14H13N3O. The van der Waals surface area contributed by atoms with Gasteiger partial charge < -0.3 is 0 Å². The third kappa shape index (κ3) is 1.62. The number of imidazole rings is 1. The molecule has 0 saturated carbocycles. The molecule has 0 unspecified atom stereocenters. The molecule has 0 bridgehead atoms. The summed E-state index contributed by atoms with van der Waals surface area (Å²) >= 11 is 0. The van der Waals surface area contributed by atoms with Crippen molar-refractivity contribution in [2.45, 2.75) is 6.54 Å². The summed E-state index contributed by atoms with van der Waals surface area (Å²) in [6.45, 7) is 0.501. The normalized spacial score (nSPS) is 10.9. The standard InChI is InChI=1S/C14H13N3O/c1-16-12-7-2-3-8-13(12)17(14(16)18)10-11-6-4-5-9-15-11/h2-9H,10H2,1H3. The second-order valence-electron chi connectivity index (χ2n) is 4.24. The van der Waals surface area contributed by atoms with Gasteiger partial charge in [-0.1, -0.05) is 18.2 Å². The van der Waals surface area contributed by atoms with Crippen LogP contribution in [0.1, 0.15) is 5.69 Å². The van der Waals surface area contributed by atoms with Crippen LogP contribution in [0.4, 0.5) is 0 Å². The zero-order chi connectivity index (χ0) is 12.5. The monoisotopic (exact) mass is 239 g/mol. The number of hydrogen-bond acceptors (Lipinski definition) is 2. The Kier molecular flexibility index (Phi) is 2.48. The third-order valence-electron chi connectivity index (χ3n) is 3.10. The van der Waals surface area contributed by atoms with Crippen molar-refractivity contribution in [1.29, 1.82) is 0 Å². The number of pyridine rings is 1. The molecule has 4 heteroatoms. The fraction of sp³-hybridized carbons (Fsp3) is 0.143. The summed E-state index contributed by atoms with van der Waals surface area (Å²) in [5, 5.41) is 0. The molecule has 3 rings (SSSR count). The lowest BCUT2D eigenvalue weighted by atomic mass is 10.3. The van der Waals surface area contributed by atoms with Crippen LogP contribution in [0.5, 0.6) is 0 Å². The Bertz CT molecular complexity index is 741. The van der Waals surface area contributed by atoms with Gasteiger partial charge in [0, 0.05) is 13.2 Å². The molecule has 2 aromatic heterocycles. The van der Waals surface area contributed by atoms with Crippen molar-refractivity contribution >= 4 is 11.0 Å². The molecule has 0 aliphatic carbocycles. The van der Waals surface area contributed by atoms with Crippen molar-refractivity contribution in [2.75, 3.05) is 0 Å². The molecule has 0 amide bonds. The topological polar surface area (TPSA) is 39.8 Å². The summed E-state index contributed by atoms with van der Waals surface area (Å²) in [6.07, 6.45) is 1.74. The van der Waals surface area contributed by atoms with Crippen molar-refractivity contribution in [3.63, 3.8) is 0 Å². The lowest BCUT2D eigenvalue weighted by Crippen LogP contribution is -2.23. The van der Waals surface area contributed by atoms with Crippen LogP contribution in [0.15, 0.2) is 53.5 Å². The van der Waals surface area contributed by atoms with Crippen LogP contribution in [-0.2, 0) is 13.6 Å². The Hall–Kier alpha value is -2.36. The summed E-state index contributed by atoms with van der Waals surface area (Å²) in [7, 11) is 1.79. The number of aryl methyl sites for hydroxylation is 1. The van der Waals surface area contributed by atoms with Gasteiger partial charge in [0.1, 0.15) is 0 Å². The molecule has 4 nitrogen and oxygen atoms in total. The number of benzene rings is 1. The Morgan fingerprint density at radius 1 is 1.06 bits per heavy atom. The van der Waals surface area contributed by atoms with Crippen LogP contribution in [0, 0.1) is 0 Å². The highest BCUT2D eigenvalue weighted by atomic mass is 16.1. The predicted octanol–water partition coefficient (Wildman–Crippen LogP) is 1.78. The highest BCUT2D eigenvalue weighted by Crippen LogP contribution is 2.12. The smallest absolute Gasteiger partial charge is 0.295 e. The van der Waals surface area contributed by atoms with Crippen molar-refractivity contribution in [3.05, 3.63) is 64.8 Å². The number of hydrogen-bond donors (Lipinski definition) is 0. The molecule has 0 N–H and O–H groups in total. The van der Waals surface area contributed by atoms with Gasteiger partial charge in [-0.2, -0.15) is 0 Å².